The third kappa shape index (κ3) is 3.57. The molecule has 0 bridgehead atoms. The van der Waals surface area contributed by atoms with Crippen molar-refractivity contribution in [3.8, 4) is 0 Å². The third-order valence-electron chi connectivity index (χ3n) is 4.67. The lowest BCUT2D eigenvalue weighted by molar-refractivity contribution is -0.143. The van der Waals surface area contributed by atoms with Crippen LogP contribution in [0.3, 0.4) is 0 Å². The molecule has 0 saturated carbocycles. The molecule has 3 rings (SSSR count). The van der Waals surface area contributed by atoms with Crippen molar-refractivity contribution in [2.45, 2.75) is 18.8 Å². The second kappa shape index (κ2) is 7.36. The molecule has 130 valence electrons. The summed E-state index contributed by atoms with van der Waals surface area (Å²) in [6.45, 7) is 1.70. The highest BCUT2D eigenvalue weighted by Crippen LogP contribution is 2.30. The summed E-state index contributed by atoms with van der Waals surface area (Å²) in [4.78, 5) is 24.8. The fourth-order valence-corrected chi connectivity index (χ4v) is 3.07. The molecule has 1 unspecified atom stereocenters. The fraction of sp³-hybridized carbons (Fsp3) is 0.130. The topological polar surface area (TPSA) is 54.4 Å². The normalized spacial score (nSPS) is 13.0. The molecule has 0 spiro atoms. The van der Waals surface area contributed by atoms with Crippen LogP contribution < -0.4 is 0 Å². The van der Waals surface area contributed by atoms with Crippen molar-refractivity contribution >= 4 is 11.8 Å². The first-order chi connectivity index (χ1) is 12.5. The Morgan fingerprint density at radius 3 is 2.00 bits per heavy atom. The van der Waals surface area contributed by atoms with E-state index in [9.17, 15) is 14.7 Å². The Morgan fingerprint density at radius 1 is 0.808 bits per heavy atom. The molecule has 26 heavy (non-hydrogen) atoms. The Morgan fingerprint density at radius 2 is 1.38 bits per heavy atom. The number of aliphatic carboxylic acids is 1. The van der Waals surface area contributed by atoms with E-state index in [2.05, 4.69) is 0 Å². The maximum atomic E-state index is 12.7. The highest BCUT2D eigenvalue weighted by Gasteiger charge is 2.35. The SMILES string of the molecule is CC(Cc1ccccc1)(C(=O)O)c1cccc(C(=O)c2ccccc2)c1. The zero-order chi connectivity index (χ0) is 18.6. The van der Waals surface area contributed by atoms with Crippen LogP contribution in [-0.2, 0) is 16.6 Å². The number of carbonyl (C=O) groups is 2. The maximum absolute atomic E-state index is 12.7. The van der Waals surface area contributed by atoms with Crippen LogP contribution in [0.4, 0.5) is 0 Å². The van der Waals surface area contributed by atoms with Gasteiger partial charge >= 0.3 is 5.97 Å². The standard InChI is InChI=1S/C23H20O3/c1-23(22(25)26,16-17-9-4-2-5-10-17)20-14-8-13-19(15-20)21(24)18-11-6-3-7-12-18/h2-15H,16H2,1H3,(H,25,26). The summed E-state index contributed by atoms with van der Waals surface area (Å²) in [5, 5.41) is 9.91. The second-order valence-electron chi connectivity index (χ2n) is 6.58. The number of carbonyl (C=O) groups excluding carboxylic acids is 1. The van der Waals surface area contributed by atoms with E-state index in [1.165, 1.54) is 0 Å². The summed E-state index contributed by atoms with van der Waals surface area (Å²) in [6.07, 6.45) is 0.353. The first kappa shape index (κ1) is 17.6. The van der Waals surface area contributed by atoms with Gasteiger partial charge in [-0.2, -0.15) is 0 Å². The van der Waals surface area contributed by atoms with Gasteiger partial charge in [-0.15, -0.1) is 0 Å². The molecule has 0 saturated heterocycles. The van der Waals surface area contributed by atoms with Crippen LogP contribution in [0.25, 0.3) is 0 Å². The average Bonchev–Trinajstić information content (AvgIpc) is 2.68. The van der Waals surface area contributed by atoms with Gasteiger partial charge in [0.2, 0.25) is 0 Å². The molecule has 0 aliphatic carbocycles. The molecule has 0 amide bonds. The van der Waals surface area contributed by atoms with E-state index >= 15 is 0 Å². The molecule has 0 aliphatic heterocycles. The lowest BCUT2D eigenvalue weighted by Crippen LogP contribution is -2.35. The van der Waals surface area contributed by atoms with Crippen LogP contribution in [0.1, 0.15) is 34.0 Å². The summed E-state index contributed by atoms with van der Waals surface area (Å²) < 4.78 is 0. The maximum Gasteiger partial charge on any atom is 0.314 e. The van der Waals surface area contributed by atoms with Crippen LogP contribution in [0.5, 0.6) is 0 Å². The van der Waals surface area contributed by atoms with E-state index in [0.717, 1.165) is 5.56 Å². The van der Waals surface area contributed by atoms with E-state index in [1.54, 1.807) is 43.3 Å². The lowest BCUT2D eigenvalue weighted by Gasteiger charge is -2.26. The Bertz CT molecular complexity index is 916. The summed E-state index contributed by atoms with van der Waals surface area (Å²) in [5.41, 5.74) is 1.53. The van der Waals surface area contributed by atoms with Gasteiger partial charge < -0.3 is 5.11 Å². The van der Waals surface area contributed by atoms with Crippen molar-refractivity contribution in [3.05, 3.63) is 107 Å². The van der Waals surface area contributed by atoms with Gasteiger partial charge in [-0.25, -0.2) is 0 Å². The van der Waals surface area contributed by atoms with Crippen molar-refractivity contribution < 1.29 is 14.7 Å². The Hall–Kier alpha value is -3.20. The predicted octanol–water partition coefficient (Wildman–Crippen LogP) is 4.50. The quantitative estimate of drug-likeness (QED) is 0.670. The van der Waals surface area contributed by atoms with Gasteiger partial charge in [-0.3, -0.25) is 9.59 Å². The number of benzene rings is 3. The minimum Gasteiger partial charge on any atom is -0.481 e. The monoisotopic (exact) mass is 344 g/mol. The van der Waals surface area contributed by atoms with Gasteiger partial charge in [0.05, 0.1) is 5.41 Å². The Kier molecular flexibility index (Phi) is 4.99. The number of rotatable bonds is 6. The van der Waals surface area contributed by atoms with Crippen LogP contribution >= 0.6 is 0 Å². The Labute approximate surface area is 152 Å². The summed E-state index contributed by atoms with van der Waals surface area (Å²) in [5.74, 6) is -1.02. The van der Waals surface area contributed by atoms with Crippen molar-refractivity contribution in [1.29, 1.82) is 0 Å². The first-order valence-corrected chi connectivity index (χ1v) is 8.48. The van der Waals surface area contributed by atoms with E-state index in [-0.39, 0.29) is 5.78 Å². The number of hydrogen-bond donors (Lipinski definition) is 1. The number of carboxylic acids is 1. The molecule has 1 atom stereocenters. The molecular weight excluding hydrogens is 324 g/mol. The van der Waals surface area contributed by atoms with Crippen molar-refractivity contribution in [2.24, 2.45) is 0 Å². The van der Waals surface area contributed by atoms with E-state index in [0.29, 0.717) is 23.1 Å². The van der Waals surface area contributed by atoms with Gasteiger partial charge in [0, 0.05) is 11.1 Å². The van der Waals surface area contributed by atoms with E-state index < -0.39 is 11.4 Å². The molecule has 0 heterocycles. The van der Waals surface area contributed by atoms with Crippen LogP contribution in [-0.4, -0.2) is 16.9 Å². The molecule has 3 aromatic rings. The number of carboxylic acid groups (broad SMARTS) is 1. The minimum atomic E-state index is -1.12. The highest BCUT2D eigenvalue weighted by molar-refractivity contribution is 6.09. The van der Waals surface area contributed by atoms with Gasteiger partial charge in [0.25, 0.3) is 0 Å². The molecular formula is C23H20O3. The van der Waals surface area contributed by atoms with Gasteiger partial charge in [0.1, 0.15) is 0 Å². The van der Waals surface area contributed by atoms with E-state index in [4.69, 9.17) is 0 Å². The van der Waals surface area contributed by atoms with Gasteiger partial charge in [-0.1, -0.05) is 78.9 Å². The van der Waals surface area contributed by atoms with Crippen LogP contribution in [0, 0.1) is 0 Å². The fourth-order valence-electron chi connectivity index (χ4n) is 3.07. The molecule has 0 aliphatic rings. The van der Waals surface area contributed by atoms with Crippen molar-refractivity contribution in [2.75, 3.05) is 0 Å². The Balaban J connectivity index is 1.98. The van der Waals surface area contributed by atoms with Gasteiger partial charge in [-0.05, 0) is 30.5 Å². The van der Waals surface area contributed by atoms with Gasteiger partial charge in [0.15, 0.2) is 5.78 Å². The molecule has 0 fully saturated rings. The summed E-state index contributed by atoms with van der Waals surface area (Å²) in [6, 6.07) is 25.5. The zero-order valence-corrected chi connectivity index (χ0v) is 14.6. The second-order valence-corrected chi connectivity index (χ2v) is 6.58. The minimum absolute atomic E-state index is 0.111. The summed E-state index contributed by atoms with van der Waals surface area (Å²) >= 11 is 0. The molecule has 1 N–H and O–H groups in total. The molecule has 0 aromatic heterocycles. The highest BCUT2D eigenvalue weighted by atomic mass is 16.4. The molecule has 3 aromatic carbocycles. The number of hydrogen-bond acceptors (Lipinski definition) is 2. The smallest absolute Gasteiger partial charge is 0.314 e. The number of ketones is 1. The van der Waals surface area contributed by atoms with Crippen molar-refractivity contribution in [3.63, 3.8) is 0 Å². The third-order valence-corrected chi connectivity index (χ3v) is 4.67. The molecule has 0 radical (unpaired) electrons. The van der Waals surface area contributed by atoms with E-state index in [1.807, 2.05) is 48.5 Å². The van der Waals surface area contributed by atoms with Crippen LogP contribution in [0.15, 0.2) is 84.9 Å². The lowest BCUT2D eigenvalue weighted by atomic mass is 9.76. The average molecular weight is 344 g/mol. The predicted molar refractivity (Wildman–Crippen MR) is 101 cm³/mol. The largest absolute Gasteiger partial charge is 0.481 e. The molecule has 3 nitrogen and oxygen atoms in total. The summed E-state index contributed by atoms with van der Waals surface area (Å²) in [7, 11) is 0. The van der Waals surface area contributed by atoms with Crippen LogP contribution in [0.2, 0.25) is 0 Å². The molecule has 3 heteroatoms. The van der Waals surface area contributed by atoms with Crippen molar-refractivity contribution in [1.82, 2.24) is 0 Å². The first-order valence-electron chi connectivity index (χ1n) is 8.48. The zero-order valence-electron chi connectivity index (χ0n) is 14.6.